The lowest BCUT2D eigenvalue weighted by molar-refractivity contribution is -0.121. The van der Waals surface area contributed by atoms with Crippen molar-refractivity contribution in [1.82, 2.24) is 9.62 Å². The van der Waals surface area contributed by atoms with E-state index >= 15 is 0 Å². The van der Waals surface area contributed by atoms with Crippen molar-refractivity contribution in [1.29, 1.82) is 0 Å². The van der Waals surface area contributed by atoms with Gasteiger partial charge in [-0.05, 0) is 30.0 Å². The van der Waals surface area contributed by atoms with Gasteiger partial charge in [0.25, 0.3) is 0 Å². The summed E-state index contributed by atoms with van der Waals surface area (Å²) in [5.41, 5.74) is 0.785. The largest absolute Gasteiger partial charge is 0.355 e. The number of rotatable bonds is 8. The Bertz CT molecular complexity index is 648. The van der Waals surface area contributed by atoms with Crippen LogP contribution in [-0.2, 0) is 21.2 Å². The van der Waals surface area contributed by atoms with Crippen molar-refractivity contribution in [2.24, 2.45) is 5.92 Å². The van der Waals surface area contributed by atoms with Gasteiger partial charge in [-0.25, -0.2) is 8.42 Å². The van der Waals surface area contributed by atoms with Crippen LogP contribution in [0.1, 0.15) is 19.4 Å². The van der Waals surface area contributed by atoms with Crippen molar-refractivity contribution < 1.29 is 13.2 Å². The molecule has 0 atom stereocenters. The Kier molecular flexibility index (Phi) is 7.80. The fraction of sp³-hybridized carbons (Fsp3) is 0.533. The lowest BCUT2D eigenvalue weighted by Crippen LogP contribution is -2.42. The first-order chi connectivity index (χ1) is 10.6. The minimum atomic E-state index is -3.49. The number of nitrogens with one attached hydrogen (secondary N) is 1. The molecule has 0 unspecified atom stereocenters. The van der Waals surface area contributed by atoms with Crippen molar-refractivity contribution in [3.05, 3.63) is 33.8 Å². The van der Waals surface area contributed by atoms with Gasteiger partial charge in [0, 0.05) is 23.1 Å². The number of benzene rings is 1. The molecule has 1 aromatic carbocycles. The Balaban J connectivity index is 2.70. The summed E-state index contributed by atoms with van der Waals surface area (Å²) in [6.45, 7) is 4.43. The molecule has 1 rings (SSSR count). The molecule has 23 heavy (non-hydrogen) atoms. The predicted molar refractivity (Wildman–Crippen MR) is 94.4 cm³/mol. The van der Waals surface area contributed by atoms with Gasteiger partial charge in [-0.15, -0.1) is 0 Å². The molecule has 1 amide bonds. The Morgan fingerprint density at radius 2 is 1.96 bits per heavy atom. The molecule has 0 saturated heterocycles. The summed E-state index contributed by atoms with van der Waals surface area (Å²) < 4.78 is 24.9. The molecule has 1 aromatic rings. The molecule has 1 N–H and O–H groups in total. The van der Waals surface area contributed by atoms with E-state index in [-0.39, 0.29) is 19.0 Å². The smallest absolute Gasteiger partial charge is 0.235 e. The molecule has 0 bridgehead atoms. The zero-order chi connectivity index (χ0) is 17.6. The van der Waals surface area contributed by atoms with Gasteiger partial charge in [0.2, 0.25) is 15.9 Å². The second-order valence-electron chi connectivity index (χ2n) is 5.78. The fourth-order valence-electron chi connectivity index (χ4n) is 1.87. The first-order valence-corrected chi connectivity index (χ1v) is 9.85. The van der Waals surface area contributed by atoms with E-state index in [1.165, 1.54) is 0 Å². The SMILES string of the molecule is CC(C)CNC(=O)CN(CCc1ccc(Cl)cc1Cl)S(C)(=O)=O. The minimum Gasteiger partial charge on any atom is -0.355 e. The molecule has 0 aliphatic heterocycles. The van der Waals surface area contributed by atoms with E-state index in [1.807, 2.05) is 13.8 Å². The normalized spacial score (nSPS) is 12.0. The van der Waals surface area contributed by atoms with Crippen LogP contribution in [0, 0.1) is 5.92 Å². The third-order valence-electron chi connectivity index (χ3n) is 3.14. The highest BCUT2D eigenvalue weighted by molar-refractivity contribution is 7.88. The molecule has 0 radical (unpaired) electrons. The Morgan fingerprint density at radius 3 is 2.48 bits per heavy atom. The van der Waals surface area contributed by atoms with E-state index in [0.29, 0.717) is 28.9 Å². The van der Waals surface area contributed by atoms with Gasteiger partial charge in [-0.2, -0.15) is 4.31 Å². The van der Waals surface area contributed by atoms with Gasteiger partial charge in [-0.3, -0.25) is 4.79 Å². The zero-order valence-electron chi connectivity index (χ0n) is 13.5. The molecular weight excluding hydrogens is 359 g/mol. The van der Waals surface area contributed by atoms with E-state index in [0.717, 1.165) is 16.1 Å². The number of hydrogen-bond donors (Lipinski definition) is 1. The average molecular weight is 381 g/mol. The highest BCUT2D eigenvalue weighted by atomic mass is 35.5. The van der Waals surface area contributed by atoms with Gasteiger partial charge in [0.15, 0.2) is 0 Å². The highest BCUT2D eigenvalue weighted by Gasteiger charge is 2.20. The predicted octanol–water partition coefficient (Wildman–Crippen LogP) is 2.57. The number of halogens is 2. The van der Waals surface area contributed by atoms with E-state index in [9.17, 15) is 13.2 Å². The summed E-state index contributed by atoms with van der Waals surface area (Å²) in [6.07, 6.45) is 1.49. The van der Waals surface area contributed by atoms with Crippen LogP contribution in [0.4, 0.5) is 0 Å². The van der Waals surface area contributed by atoms with E-state index in [1.54, 1.807) is 18.2 Å². The van der Waals surface area contributed by atoms with Crippen LogP contribution in [-0.4, -0.2) is 44.5 Å². The molecule has 0 saturated carbocycles. The third kappa shape index (κ3) is 7.52. The van der Waals surface area contributed by atoms with Crippen molar-refractivity contribution >= 4 is 39.1 Å². The Hall–Kier alpha value is -0.820. The van der Waals surface area contributed by atoms with E-state index in [4.69, 9.17) is 23.2 Å². The van der Waals surface area contributed by atoms with Gasteiger partial charge < -0.3 is 5.32 Å². The maximum atomic E-state index is 11.9. The lowest BCUT2D eigenvalue weighted by atomic mass is 10.1. The van der Waals surface area contributed by atoms with Gasteiger partial charge >= 0.3 is 0 Å². The van der Waals surface area contributed by atoms with Crippen LogP contribution in [0.25, 0.3) is 0 Å². The summed E-state index contributed by atoms with van der Waals surface area (Å²) in [6, 6.07) is 5.06. The van der Waals surface area contributed by atoms with Crippen LogP contribution >= 0.6 is 23.2 Å². The van der Waals surface area contributed by atoms with Crippen LogP contribution < -0.4 is 5.32 Å². The van der Waals surface area contributed by atoms with Crippen LogP contribution in [0.2, 0.25) is 10.0 Å². The van der Waals surface area contributed by atoms with Crippen LogP contribution in [0.3, 0.4) is 0 Å². The zero-order valence-corrected chi connectivity index (χ0v) is 15.8. The van der Waals surface area contributed by atoms with Gasteiger partial charge in [-0.1, -0.05) is 43.1 Å². The summed E-state index contributed by atoms with van der Waals surface area (Å²) >= 11 is 11.9. The second kappa shape index (κ2) is 8.87. The maximum absolute atomic E-state index is 11.9. The van der Waals surface area contributed by atoms with Crippen LogP contribution in [0.5, 0.6) is 0 Å². The number of amides is 1. The van der Waals surface area contributed by atoms with E-state index in [2.05, 4.69) is 5.32 Å². The number of sulfonamides is 1. The molecule has 0 aliphatic carbocycles. The van der Waals surface area contributed by atoms with Gasteiger partial charge in [0.05, 0.1) is 12.8 Å². The number of hydrogen-bond acceptors (Lipinski definition) is 3. The monoisotopic (exact) mass is 380 g/mol. The summed E-state index contributed by atoms with van der Waals surface area (Å²) in [7, 11) is -3.49. The number of carbonyl (C=O) groups is 1. The molecule has 5 nitrogen and oxygen atoms in total. The summed E-state index contributed by atoms with van der Waals surface area (Å²) in [4.78, 5) is 11.9. The molecular formula is C15H22Cl2N2O3S. The minimum absolute atomic E-state index is 0.176. The maximum Gasteiger partial charge on any atom is 0.235 e. The molecule has 0 spiro atoms. The highest BCUT2D eigenvalue weighted by Crippen LogP contribution is 2.21. The van der Waals surface area contributed by atoms with Crippen molar-refractivity contribution in [3.63, 3.8) is 0 Å². The van der Waals surface area contributed by atoms with E-state index < -0.39 is 10.0 Å². The molecule has 0 aliphatic rings. The number of carbonyl (C=O) groups excluding carboxylic acids is 1. The third-order valence-corrected chi connectivity index (χ3v) is 4.98. The molecule has 130 valence electrons. The van der Waals surface area contributed by atoms with Crippen LogP contribution in [0.15, 0.2) is 18.2 Å². The molecule has 8 heteroatoms. The second-order valence-corrected chi connectivity index (χ2v) is 8.61. The quantitative estimate of drug-likeness (QED) is 0.753. The number of nitrogens with zero attached hydrogens (tertiary/aromatic N) is 1. The van der Waals surface area contributed by atoms with Crippen molar-refractivity contribution in [2.75, 3.05) is 25.9 Å². The summed E-state index contributed by atoms with van der Waals surface area (Å²) in [5, 5.41) is 3.71. The molecule has 0 heterocycles. The van der Waals surface area contributed by atoms with Crippen molar-refractivity contribution in [2.45, 2.75) is 20.3 Å². The Labute approximate surface area is 148 Å². The van der Waals surface area contributed by atoms with Crippen molar-refractivity contribution in [3.8, 4) is 0 Å². The summed E-state index contributed by atoms with van der Waals surface area (Å²) in [5.74, 6) is -0.00941. The first-order valence-electron chi connectivity index (χ1n) is 7.25. The lowest BCUT2D eigenvalue weighted by Gasteiger charge is -2.20. The fourth-order valence-corrected chi connectivity index (χ4v) is 3.14. The molecule has 0 fully saturated rings. The standard InChI is InChI=1S/C15H22Cl2N2O3S/c1-11(2)9-18-15(20)10-19(23(3,21)22)7-6-12-4-5-13(16)8-14(12)17/h4-5,8,11H,6-7,9-10H2,1-3H3,(H,18,20). The molecule has 0 aromatic heterocycles. The Morgan fingerprint density at radius 1 is 1.30 bits per heavy atom. The topological polar surface area (TPSA) is 66.5 Å². The van der Waals surface area contributed by atoms with Gasteiger partial charge in [0.1, 0.15) is 0 Å². The average Bonchev–Trinajstić information content (AvgIpc) is 2.41. The first kappa shape index (κ1) is 20.2.